The standard InChI is InChI=1S/C59H98O14/c1-3-5-7-9-11-13-15-17-19-21-22-23-24-25-27-29-31-33-35-37-39-41-43-68-45-48(71-51(61)42-40-38-36-34-32-30-28-26-20-18-16-14-12-10-8-6-4-2)46-69-58-57(67)55(65)53(63)50(73-58)47-70-59-56(66)54(64)52(62)49(44-60)72-59/h5-8,11-14,17-20,22-23,28,30,48-50,52-60,62-67H,3-4,9-10,15-16,21,24-27,29,31-47H2,1-2H3/b7-5-,8-6-,13-11-,14-12-,19-17-,20-18-,23-22-,30-28-. The Morgan fingerprint density at radius 3 is 1.33 bits per heavy atom. The van der Waals surface area contributed by atoms with Crippen LogP contribution in [0.5, 0.6) is 0 Å². The van der Waals surface area contributed by atoms with Gasteiger partial charge < -0.3 is 64.2 Å². The Labute approximate surface area is 439 Å². The molecule has 11 atom stereocenters. The molecule has 0 amide bonds. The van der Waals surface area contributed by atoms with Gasteiger partial charge in [0.1, 0.15) is 54.9 Å². The van der Waals surface area contributed by atoms with Crippen molar-refractivity contribution in [2.45, 2.75) is 235 Å². The molecule has 0 aromatic carbocycles. The highest BCUT2D eigenvalue weighted by Crippen LogP contribution is 2.26. The van der Waals surface area contributed by atoms with Gasteiger partial charge >= 0.3 is 5.97 Å². The van der Waals surface area contributed by atoms with Gasteiger partial charge in [-0.15, -0.1) is 0 Å². The van der Waals surface area contributed by atoms with Crippen LogP contribution in [-0.4, -0.2) is 142 Å². The minimum atomic E-state index is -1.72. The maximum Gasteiger partial charge on any atom is 0.306 e. The number of allylic oxidation sites excluding steroid dienone is 16. The molecule has 418 valence electrons. The van der Waals surface area contributed by atoms with Gasteiger partial charge in [-0.3, -0.25) is 4.79 Å². The van der Waals surface area contributed by atoms with E-state index in [4.69, 9.17) is 28.4 Å². The SMILES string of the molecule is CC/C=C\C/C=C\C/C=C\C/C=C\CCCCCCCCCCCOCC(COC1OC(COC2OC(CO)C(O)C(O)C2O)C(O)C(O)C1O)OC(=O)CCCCCC/C=C\C/C=C\C/C=C\C/C=C\CC. The van der Waals surface area contributed by atoms with Crippen LogP contribution in [-0.2, 0) is 33.2 Å². The molecule has 2 saturated heterocycles. The lowest BCUT2D eigenvalue weighted by atomic mass is 9.98. The van der Waals surface area contributed by atoms with Crippen LogP contribution in [0.4, 0.5) is 0 Å². The normalized spacial score (nSPS) is 25.7. The van der Waals surface area contributed by atoms with E-state index in [0.29, 0.717) is 13.0 Å². The third-order valence-corrected chi connectivity index (χ3v) is 12.6. The average molecular weight is 1030 g/mol. The summed E-state index contributed by atoms with van der Waals surface area (Å²) in [6.45, 7) is 3.40. The third-order valence-electron chi connectivity index (χ3n) is 12.6. The number of esters is 1. The summed E-state index contributed by atoms with van der Waals surface area (Å²) in [6.07, 6.45) is 43.2. The monoisotopic (exact) mass is 1030 g/mol. The molecule has 0 aromatic rings. The van der Waals surface area contributed by atoms with Crippen LogP contribution in [0.25, 0.3) is 0 Å². The van der Waals surface area contributed by atoms with Crippen molar-refractivity contribution >= 4 is 5.97 Å². The number of rotatable bonds is 43. The largest absolute Gasteiger partial charge is 0.457 e. The van der Waals surface area contributed by atoms with E-state index in [2.05, 4.69) is 111 Å². The van der Waals surface area contributed by atoms with Crippen molar-refractivity contribution in [1.29, 1.82) is 0 Å². The predicted molar refractivity (Wildman–Crippen MR) is 288 cm³/mol. The fraction of sp³-hybridized carbons (Fsp3) is 0.712. The molecule has 0 bridgehead atoms. The molecule has 0 radical (unpaired) electrons. The van der Waals surface area contributed by atoms with E-state index in [1.807, 2.05) is 0 Å². The molecule has 14 heteroatoms. The van der Waals surface area contributed by atoms with Crippen molar-refractivity contribution in [3.8, 4) is 0 Å². The zero-order valence-corrected chi connectivity index (χ0v) is 44.6. The lowest BCUT2D eigenvalue weighted by Crippen LogP contribution is -2.61. The van der Waals surface area contributed by atoms with Gasteiger partial charge in [0.25, 0.3) is 0 Å². The maximum atomic E-state index is 13.0. The number of carbonyl (C=O) groups excluding carboxylic acids is 1. The van der Waals surface area contributed by atoms with Crippen LogP contribution in [0.1, 0.15) is 168 Å². The van der Waals surface area contributed by atoms with Gasteiger partial charge in [-0.2, -0.15) is 0 Å². The van der Waals surface area contributed by atoms with Gasteiger partial charge in [-0.25, -0.2) is 0 Å². The van der Waals surface area contributed by atoms with Crippen molar-refractivity contribution in [1.82, 2.24) is 0 Å². The summed E-state index contributed by atoms with van der Waals surface area (Å²) in [5.41, 5.74) is 0. The quantitative estimate of drug-likeness (QED) is 0.0172. The first-order chi connectivity index (χ1) is 35.6. The molecule has 2 aliphatic rings. The molecule has 2 fully saturated rings. The van der Waals surface area contributed by atoms with Crippen molar-refractivity contribution < 1.29 is 69.0 Å². The molecule has 11 unspecified atom stereocenters. The summed E-state index contributed by atoms with van der Waals surface area (Å²) in [6, 6.07) is 0. The highest BCUT2D eigenvalue weighted by molar-refractivity contribution is 5.69. The molecule has 0 spiro atoms. The number of carbonyl (C=O) groups is 1. The molecule has 73 heavy (non-hydrogen) atoms. The Kier molecular flexibility index (Phi) is 40.8. The van der Waals surface area contributed by atoms with Gasteiger partial charge in [-0.05, 0) is 89.9 Å². The number of hydrogen-bond donors (Lipinski definition) is 7. The van der Waals surface area contributed by atoms with Crippen LogP contribution in [0, 0.1) is 0 Å². The molecule has 2 rings (SSSR count). The Morgan fingerprint density at radius 2 is 0.849 bits per heavy atom. The molecule has 0 aliphatic carbocycles. The fourth-order valence-corrected chi connectivity index (χ4v) is 8.15. The van der Waals surface area contributed by atoms with Gasteiger partial charge in [-0.1, -0.05) is 169 Å². The third kappa shape index (κ3) is 32.2. The second-order valence-corrected chi connectivity index (χ2v) is 19.0. The topological polar surface area (TPSA) is 214 Å². The van der Waals surface area contributed by atoms with Crippen LogP contribution in [0.15, 0.2) is 97.2 Å². The zero-order valence-electron chi connectivity index (χ0n) is 44.6. The molecular weight excluding hydrogens is 933 g/mol. The maximum absolute atomic E-state index is 13.0. The van der Waals surface area contributed by atoms with Crippen LogP contribution >= 0.6 is 0 Å². The van der Waals surface area contributed by atoms with Crippen LogP contribution < -0.4 is 0 Å². The number of hydrogen-bond acceptors (Lipinski definition) is 14. The lowest BCUT2D eigenvalue weighted by molar-refractivity contribution is -0.332. The highest BCUT2D eigenvalue weighted by Gasteiger charge is 2.47. The van der Waals surface area contributed by atoms with Crippen molar-refractivity contribution in [3.63, 3.8) is 0 Å². The van der Waals surface area contributed by atoms with E-state index in [-0.39, 0.29) is 19.6 Å². The summed E-state index contributed by atoms with van der Waals surface area (Å²) < 4.78 is 34.3. The first kappa shape index (κ1) is 66.0. The van der Waals surface area contributed by atoms with E-state index in [1.54, 1.807) is 0 Å². The number of unbranched alkanes of at least 4 members (excludes halogenated alkanes) is 13. The Bertz CT molecular complexity index is 1570. The first-order valence-electron chi connectivity index (χ1n) is 27.8. The van der Waals surface area contributed by atoms with Gasteiger partial charge in [0.2, 0.25) is 0 Å². The molecular formula is C59H98O14. The van der Waals surface area contributed by atoms with E-state index < -0.39 is 86.7 Å². The Morgan fingerprint density at radius 1 is 0.452 bits per heavy atom. The van der Waals surface area contributed by atoms with E-state index in [1.165, 1.54) is 38.5 Å². The number of ether oxygens (including phenoxy) is 6. The van der Waals surface area contributed by atoms with E-state index in [0.717, 1.165) is 103 Å². The van der Waals surface area contributed by atoms with E-state index in [9.17, 15) is 40.5 Å². The van der Waals surface area contributed by atoms with Gasteiger partial charge in [0, 0.05) is 13.0 Å². The molecule has 2 heterocycles. The summed E-state index contributed by atoms with van der Waals surface area (Å²) in [4.78, 5) is 13.0. The summed E-state index contributed by atoms with van der Waals surface area (Å²) in [5.74, 6) is -0.405. The molecule has 7 N–H and O–H groups in total. The van der Waals surface area contributed by atoms with Gasteiger partial charge in [0.05, 0.1) is 26.4 Å². The molecule has 0 aromatic heterocycles. The number of aliphatic hydroxyl groups excluding tert-OH is 7. The fourth-order valence-electron chi connectivity index (χ4n) is 8.15. The Balaban J connectivity index is 1.74. The van der Waals surface area contributed by atoms with Crippen LogP contribution in [0.3, 0.4) is 0 Å². The predicted octanol–water partition coefficient (Wildman–Crippen LogP) is 9.41. The minimum absolute atomic E-state index is 0.0408. The number of aliphatic hydroxyl groups is 7. The second-order valence-electron chi connectivity index (χ2n) is 19.0. The first-order valence-corrected chi connectivity index (χ1v) is 27.8. The summed E-state index contributed by atoms with van der Waals surface area (Å²) in [5, 5.41) is 72.3. The molecule has 0 saturated carbocycles. The highest BCUT2D eigenvalue weighted by atomic mass is 16.7. The van der Waals surface area contributed by atoms with Crippen molar-refractivity contribution in [2.24, 2.45) is 0 Å². The minimum Gasteiger partial charge on any atom is -0.457 e. The van der Waals surface area contributed by atoms with Crippen molar-refractivity contribution in [3.05, 3.63) is 97.2 Å². The summed E-state index contributed by atoms with van der Waals surface area (Å²) in [7, 11) is 0. The second kappa shape index (κ2) is 45.1. The molecule has 2 aliphatic heterocycles. The lowest BCUT2D eigenvalue weighted by Gasteiger charge is -2.42. The smallest absolute Gasteiger partial charge is 0.306 e. The molecule has 14 nitrogen and oxygen atoms in total. The van der Waals surface area contributed by atoms with Crippen LogP contribution in [0.2, 0.25) is 0 Å². The van der Waals surface area contributed by atoms with Gasteiger partial charge in [0.15, 0.2) is 12.6 Å². The van der Waals surface area contributed by atoms with E-state index >= 15 is 0 Å². The van der Waals surface area contributed by atoms with Crippen molar-refractivity contribution in [2.75, 3.05) is 33.0 Å². The summed E-state index contributed by atoms with van der Waals surface area (Å²) >= 11 is 0. The zero-order chi connectivity index (χ0) is 53.0. The average Bonchev–Trinajstić information content (AvgIpc) is 3.39. The Hall–Kier alpha value is -3.09.